The number of pyridine rings is 1. The topological polar surface area (TPSA) is 75.1 Å². The fourth-order valence-corrected chi connectivity index (χ4v) is 6.67. The van der Waals surface area contributed by atoms with Crippen LogP contribution in [0.15, 0.2) is 63.0 Å². The number of benzene rings is 2. The fraction of sp³-hybridized carbons (Fsp3) is 0.360. The van der Waals surface area contributed by atoms with Gasteiger partial charge in [0.2, 0.25) is 0 Å². The van der Waals surface area contributed by atoms with E-state index in [4.69, 9.17) is 16.3 Å². The van der Waals surface area contributed by atoms with Crippen LogP contribution >= 0.6 is 23.4 Å². The van der Waals surface area contributed by atoms with Gasteiger partial charge < -0.3 is 9.64 Å². The summed E-state index contributed by atoms with van der Waals surface area (Å²) in [5, 5.41) is 3.27. The average molecular weight is 533 g/mol. The van der Waals surface area contributed by atoms with E-state index in [1.165, 1.54) is 12.4 Å². The van der Waals surface area contributed by atoms with Crippen molar-refractivity contribution in [2.45, 2.75) is 34.4 Å². The van der Waals surface area contributed by atoms with Crippen molar-refractivity contribution >= 4 is 50.5 Å². The SMILES string of the molecule is COc1ccc(S(=O)(=O)/N=C/N(C)C)cc1CN1CCCC(Sc2cc3ccncc3cc2Cl)C1. The molecule has 0 aliphatic carbocycles. The number of piperidine rings is 1. The van der Waals surface area contributed by atoms with E-state index in [1.807, 2.05) is 18.3 Å². The van der Waals surface area contributed by atoms with Crippen molar-refractivity contribution in [1.29, 1.82) is 0 Å². The first-order valence-electron chi connectivity index (χ1n) is 11.3. The Morgan fingerprint density at radius 2 is 2.09 bits per heavy atom. The Bertz CT molecular complexity index is 1330. The highest BCUT2D eigenvalue weighted by Crippen LogP contribution is 2.37. The first-order chi connectivity index (χ1) is 16.7. The Morgan fingerprint density at radius 3 is 2.86 bits per heavy atom. The van der Waals surface area contributed by atoms with Crippen LogP contribution in [0.1, 0.15) is 18.4 Å². The molecule has 1 saturated heterocycles. The Labute approximate surface area is 216 Å². The van der Waals surface area contributed by atoms with Gasteiger partial charge in [-0.15, -0.1) is 16.2 Å². The van der Waals surface area contributed by atoms with Gasteiger partial charge in [0.1, 0.15) is 12.1 Å². The quantitative estimate of drug-likeness (QED) is 0.300. The molecule has 2 aromatic carbocycles. The van der Waals surface area contributed by atoms with Gasteiger partial charge in [-0.3, -0.25) is 9.88 Å². The van der Waals surface area contributed by atoms with Gasteiger partial charge in [-0.1, -0.05) is 11.6 Å². The predicted octanol–water partition coefficient (Wildman–Crippen LogP) is 4.93. The lowest BCUT2D eigenvalue weighted by Gasteiger charge is -2.33. The summed E-state index contributed by atoms with van der Waals surface area (Å²) in [6.07, 6.45) is 7.06. The summed E-state index contributed by atoms with van der Waals surface area (Å²) in [6, 6.07) is 11.0. The minimum absolute atomic E-state index is 0.159. The van der Waals surface area contributed by atoms with Crippen LogP contribution in [-0.2, 0) is 16.6 Å². The van der Waals surface area contributed by atoms with E-state index in [0.29, 0.717) is 17.5 Å². The number of halogens is 1. The molecule has 1 unspecified atom stereocenters. The monoisotopic (exact) mass is 532 g/mol. The van der Waals surface area contributed by atoms with Crippen LogP contribution in [0, 0.1) is 0 Å². The molecule has 2 heterocycles. The van der Waals surface area contributed by atoms with Gasteiger partial charge in [0.25, 0.3) is 10.0 Å². The molecule has 1 aliphatic rings. The molecule has 0 saturated carbocycles. The maximum atomic E-state index is 12.7. The van der Waals surface area contributed by atoms with E-state index < -0.39 is 10.0 Å². The van der Waals surface area contributed by atoms with E-state index >= 15 is 0 Å². The van der Waals surface area contributed by atoms with Crippen molar-refractivity contribution in [1.82, 2.24) is 14.8 Å². The highest BCUT2D eigenvalue weighted by molar-refractivity contribution is 8.00. The van der Waals surface area contributed by atoms with Gasteiger partial charge in [0.05, 0.1) is 17.0 Å². The normalized spacial score (nSPS) is 17.2. The summed E-state index contributed by atoms with van der Waals surface area (Å²) in [7, 11) is 1.27. The zero-order chi connectivity index (χ0) is 25.0. The van der Waals surface area contributed by atoms with Crippen molar-refractivity contribution < 1.29 is 13.2 Å². The highest BCUT2D eigenvalue weighted by atomic mass is 35.5. The molecule has 1 aliphatic heterocycles. The molecule has 35 heavy (non-hydrogen) atoms. The minimum atomic E-state index is -3.79. The fourth-order valence-electron chi connectivity index (χ4n) is 4.11. The van der Waals surface area contributed by atoms with Crippen LogP contribution in [0.5, 0.6) is 5.75 Å². The largest absolute Gasteiger partial charge is 0.496 e. The standard InChI is InChI=1S/C25H29ClN4O3S2/c1-29(2)17-28-35(31,32)22-6-7-24(33-3)20(11-22)15-30-10-4-5-21(16-30)34-25-13-18-8-9-27-14-19(18)12-23(25)26/h6-9,11-14,17,21H,4-5,10,15-16H2,1-3H3/b28-17+. The molecule has 0 N–H and O–H groups in total. The van der Waals surface area contributed by atoms with Gasteiger partial charge >= 0.3 is 0 Å². The molecule has 10 heteroatoms. The molecule has 1 fully saturated rings. The first kappa shape index (κ1) is 25.8. The van der Waals surface area contributed by atoms with Gasteiger partial charge in [0.15, 0.2) is 0 Å². The number of nitrogens with zero attached hydrogens (tertiary/aromatic N) is 4. The molecular formula is C25H29ClN4O3S2. The number of fused-ring (bicyclic) bond motifs is 1. The maximum absolute atomic E-state index is 12.7. The Hall–Kier alpha value is -2.33. The average Bonchev–Trinajstić information content (AvgIpc) is 2.83. The molecular weight excluding hydrogens is 504 g/mol. The minimum Gasteiger partial charge on any atom is -0.496 e. The van der Waals surface area contributed by atoms with E-state index in [9.17, 15) is 8.42 Å². The Balaban J connectivity index is 1.50. The first-order valence-corrected chi connectivity index (χ1v) is 14.0. The van der Waals surface area contributed by atoms with Gasteiger partial charge in [-0.05, 0) is 61.2 Å². The molecule has 186 valence electrons. The molecule has 0 radical (unpaired) electrons. The molecule has 1 aromatic heterocycles. The van der Waals surface area contributed by atoms with Crippen LogP contribution in [0.4, 0.5) is 0 Å². The van der Waals surface area contributed by atoms with Crippen LogP contribution in [0.2, 0.25) is 5.02 Å². The summed E-state index contributed by atoms with van der Waals surface area (Å²) in [6.45, 7) is 2.40. The number of aromatic nitrogens is 1. The number of hydrogen-bond donors (Lipinski definition) is 0. The zero-order valence-electron chi connectivity index (χ0n) is 20.0. The van der Waals surface area contributed by atoms with Gasteiger partial charge in [-0.25, -0.2) is 0 Å². The number of thioether (sulfide) groups is 1. The Kier molecular flexibility index (Phi) is 8.21. The van der Waals surface area contributed by atoms with Crippen molar-refractivity contribution in [2.24, 2.45) is 4.40 Å². The molecule has 3 aromatic rings. The van der Waals surface area contributed by atoms with Crippen molar-refractivity contribution in [2.75, 3.05) is 34.3 Å². The second-order valence-corrected chi connectivity index (χ2v) is 12.1. The van der Waals surface area contributed by atoms with E-state index in [0.717, 1.165) is 52.2 Å². The number of sulfonamides is 1. The molecule has 0 spiro atoms. The number of likely N-dealkylation sites (tertiary alicyclic amines) is 1. The summed E-state index contributed by atoms with van der Waals surface area (Å²) >= 11 is 8.39. The summed E-state index contributed by atoms with van der Waals surface area (Å²) in [5.74, 6) is 0.668. The third kappa shape index (κ3) is 6.46. The number of hydrogen-bond acceptors (Lipinski definition) is 6. The summed E-state index contributed by atoms with van der Waals surface area (Å²) in [4.78, 5) is 9.34. The molecule has 0 bridgehead atoms. The zero-order valence-corrected chi connectivity index (χ0v) is 22.4. The van der Waals surface area contributed by atoms with Gasteiger partial charge in [-0.2, -0.15) is 8.42 Å². The smallest absolute Gasteiger partial charge is 0.283 e. The lowest BCUT2D eigenvalue weighted by Crippen LogP contribution is -2.36. The second kappa shape index (κ2) is 11.2. The molecule has 7 nitrogen and oxygen atoms in total. The van der Waals surface area contributed by atoms with E-state index in [2.05, 4.69) is 20.3 Å². The van der Waals surface area contributed by atoms with E-state index in [1.54, 1.807) is 56.2 Å². The van der Waals surface area contributed by atoms with E-state index in [-0.39, 0.29) is 4.90 Å². The number of rotatable bonds is 8. The number of methoxy groups -OCH3 is 1. The van der Waals surface area contributed by atoms with Crippen LogP contribution in [0.25, 0.3) is 10.8 Å². The third-order valence-corrected chi connectivity index (χ3v) is 8.76. The van der Waals surface area contributed by atoms with Crippen molar-refractivity contribution in [3.63, 3.8) is 0 Å². The molecule has 0 amide bonds. The third-order valence-electron chi connectivity index (χ3n) is 5.81. The maximum Gasteiger partial charge on any atom is 0.283 e. The van der Waals surface area contributed by atoms with Crippen LogP contribution in [-0.4, -0.2) is 69.1 Å². The predicted molar refractivity (Wildman–Crippen MR) is 143 cm³/mol. The summed E-state index contributed by atoms with van der Waals surface area (Å²) in [5.41, 5.74) is 0.829. The van der Waals surface area contributed by atoms with Crippen LogP contribution < -0.4 is 4.74 Å². The highest BCUT2D eigenvalue weighted by Gasteiger charge is 2.24. The number of ether oxygens (including phenoxy) is 1. The van der Waals surface area contributed by atoms with Crippen molar-refractivity contribution in [3.05, 3.63) is 59.4 Å². The summed E-state index contributed by atoms with van der Waals surface area (Å²) < 4.78 is 34.6. The molecule has 4 rings (SSSR count). The van der Waals surface area contributed by atoms with Crippen LogP contribution in [0.3, 0.4) is 0 Å². The second-order valence-electron chi connectivity index (χ2n) is 8.76. The van der Waals surface area contributed by atoms with Gasteiger partial charge in [0, 0.05) is 60.7 Å². The lowest BCUT2D eigenvalue weighted by atomic mass is 10.1. The Morgan fingerprint density at radius 1 is 1.26 bits per heavy atom. The van der Waals surface area contributed by atoms with Crippen molar-refractivity contribution in [3.8, 4) is 5.75 Å². The molecule has 1 atom stereocenters. The lowest BCUT2D eigenvalue weighted by molar-refractivity contribution is 0.223.